The van der Waals surface area contributed by atoms with Crippen molar-refractivity contribution in [3.8, 4) is 0 Å². The predicted octanol–water partition coefficient (Wildman–Crippen LogP) is -0.240. The Morgan fingerprint density at radius 1 is 1.54 bits per heavy atom. The van der Waals surface area contributed by atoms with Crippen LogP contribution in [-0.2, 0) is 0 Å². The van der Waals surface area contributed by atoms with Crippen LogP contribution < -0.4 is 10.8 Å². The Hall–Kier alpha value is -1.89. The molecule has 0 saturated heterocycles. The summed E-state index contributed by atoms with van der Waals surface area (Å²) in [6.07, 6.45) is 1.46. The highest BCUT2D eigenvalue weighted by molar-refractivity contribution is 5.83. The van der Waals surface area contributed by atoms with Gasteiger partial charge in [0.05, 0.1) is 6.33 Å². The van der Waals surface area contributed by atoms with Gasteiger partial charge in [0.1, 0.15) is 5.52 Å². The summed E-state index contributed by atoms with van der Waals surface area (Å²) < 4.78 is 0. The summed E-state index contributed by atoms with van der Waals surface area (Å²) in [7, 11) is 1.45. The van der Waals surface area contributed by atoms with E-state index in [1.165, 1.54) is 13.4 Å². The summed E-state index contributed by atoms with van der Waals surface area (Å²) in [5.41, 5.74) is 6.40. The molecular weight excluding hydrogens is 172 g/mol. The Bertz CT molecular complexity index is 436. The molecule has 7 nitrogen and oxygen atoms in total. The quantitative estimate of drug-likeness (QED) is 0.523. The molecule has 68 valence electrons. The molecular formula is C6H8N6O. The topological polar surface area (TPSA) is 104 Å². The molecule has 0 unspecified atom stereocenters. The molecule has 13 heavy (non-hydrogen) atoms. The number of imidazole rings is 1. The molecule has 0 saturated carbocycles. The Balaban J connectivity index is 2.77. The van der Waals surface area contributed by atoms with E-state index in [-0.39, 0.29) is 5.95 Å². The van der Waals surface area contributed by atoms with Crippen molar-refractivity contribution < 1.29 is 5.21 Å². The second-order valence-corrected chi connectivity index (χ2v) is 2.53. The summed E-state index contributed by atoms with van der Waals surface area (Å²) >= 11 is 0. The number of aromatic nitrogens is 4. The van der Waals surface area contributed by atoms with Crippen LogP contribution in [-0.4, -0.2) is 32.2 Å². The van der Waals surface area contributed by atoms with Crippen molar-refractivity contribution in [2.24, 2.45) is 0 Å². The van der Waals surface area contributed by atoms with E-state index in [2.05, 4.69) is 19.9 Å². The molecule has 0 aromatic carbocycles. The highest BCUT2D eigenvalue weighted by Gasteiger charge is 2.10. The van der Waals surface area contributed by atoms with Gasteiger partial charge in [-0.25, -0.2) is 10.0 Å². The van der Waals surface area contributed by atoms with Gasteiger partial charge in [0.15, 0.2) is 11.5 Å². The molecule has 0 spiro atoms. The standard InChI is InChI=1S/C6H8N6O/c1-12(13)5-3-4(9-2-8-3)10-6(7)11-5/h2,13H,1H3,(H3,7,8,9,10,11). The van der Waals surface area contributed by atoms with E-state index in [1.54, 1.807) is 0 Å². The summed E-state index contributed by atoms with van der Waals surface area (Å²) in [5, 5.41) is 10.1. The van der Waals surface area contributed by atoms with Gasteiger partial charge in [-0.05, 0) is 0 Å². The van der Waals surface area contributed by atoms with Gasteiger partial charge in [0.25, 0.3) is 0 Å². The van der Waals surface area contributed by atoms with Crippen molar-refractivity contribution in [3.05, 3.63) is 6.33 Å². The molecule has 0 fully saturated rings. The summed E-state index contributed by atoms with van der Waals surface area (Å²) in [6, 6.07) is 0. The molecule has 2 aromatic rings. The minimum Gasteiger partial charge on any atom is -0.368 e. The third-order valence-electron chi connectivity index (χ3n) is 1.59. The number of hydrogen-bond donors (Lipinski definition) is 3. The van der Waals surface area contributed by atoms with Crippen molar-refractivity contribution in [2.45, 2.75) is 0 Å². The van der Waals surface area contributed by atoms with Crippen LogP contribution in [0, 0.1) is 0 Å². The van der Waals surface area contributed by atoms with Gasteiger partial charge in [-0.1, -0.05) is 0 Å². The molecule has 0 bridgehead atoms. The second kappa shape index (κ2) is 2.56. The number of fused-ring (bicyclic) bond motifs is 1. The van der Waals surface area contributed by atoms with Crippen LogP contribution in [0.4, 0.5) is 11.8 Å². The van der Waals surface area contributed by atoms with Crippen LogP contribution in [0.25, 0.3) is 11.2 Å². The monoisotopic (exact) mass is 180 g/mol. The van der Waals surface area contributed by atoms with Crippen molar-refractivity contribution in [3.63, 3.8) is 0 Å². The zero-order valence-corrected chi connectivity index (χ0v) is 6.89. The number of aromatic amines is 1. The number of nitrogens with one attached hydrogen (secondary N) is 1. The maximum absolute atomic E-state index is 9.20. The van der Waals surface area contributed by atoms with Crippen molar-refractivity contribution in [2.75, 3.05) is 17.8 Å². The molecule has 0 amide bonds. The largest absolute Gasteiger partial charge is 0.368 e. The number of hydroxylamine groups is 1. The lowest BCUT2D eigenvalue weighted by Gasteiger charge is -2.09. The average molecular weight is 180 g/mol. The number of H-pyrrole nitrogens is 1. The highest BCUT2D eigenvalue weighted by Crippen LogP contribution is 2.18. The van der Waals surface area contributed by atoms with Crippen LogP contribution in [0.5, 0.6) is 0 Å². The van der Waals surface area contributed by atoms with E-state index in [9.17, 15) is 5.21 Å². The minimum absolute atomic E-state index is 0.0792. The number of nitrogens with zero attached hydrogens (tertiary/aromatic N) is 4. The first-order valence-electron chi connectivity index (χ1n) is 3.57. The van der Waals surface area contributed by atoms with Crippen LogP contribution in [0.2, 0.25) is 0 Å². The zero-order chi connectivity index (χ0) is 9.42. The zero-order valence-electron chi connectivity index (χ0n) is 6.89. The number of nitrogen functional groups attached to an aromatic ring is 1. The van der Waals surface area contributed by atoms with E-state index in [0.717, 1.165) is 5.06 Å². The Labute approximate surface area is 73.2 Å². The molecule has 2 rings (SSSR count). The fraction of sp³-hybridized carbons (Fsp3) is 0.167. The molecule has 0 aliphatic heterocycles. The minimum atomic E-state index is 0.0792. The van der Waals surface area contributed by atoms with Gasteiger partial charge in [-0.3, -0.25) is 5.21 Å². The number of nitrogens with two attached hydrogens (primary N) is 1. The van der Waals surface area contributed by atoms with Gasteiger partial charge in [0.2, 0.25) is 5.95 Å². The maximum atomic E-state index is 9.20. The Morgan fingerprint density at radius 2 is 2.31 bits per heavy atom. The van der Waals surface area contributed by atoms with Crippen LogP contribution in [0.3, 0.4) is 0 Å². The molecule has 0 radical (unpaired) electrons. The average Bonchev–Trinajstić information content (AvgIpc) is 2.49. The molecule has 7 heteroatoms. The number of hydrogen-bond acceptors (Lipinski definition) is 6. The third kappa shape index (κ3) is 1.14. The lowest BCUT2D eigenvalue weighted by atomic mass is 10.5. The Morgan fingerprint density at radius 3 is 3.00 bits per heavy atom. The fourth-order valence-corrected chi connectivity index (χ4v) is 1.07. The maximum Gasteiger partial charge on any atom is 0.224 e. The first-order chi connectivity index (χ1) is 6.18. The predicted molar refractivity (Wildman–Crippen MR) is 46.3 cm³/mol. The lowest BCUT2D eigenvalue weighted by Crippen LogP contribution is -2.13. The van der Waals surface area contributed by atoms with Gasteiger partial charge in [-0.2, -0.15) is 9.97 Å². The Kier molecular flexibility index (Phi) is 1.52. The third-order valence-corrected chi connectivity index (χ3v) is 1.59. The van der Waals surface area contributed by atoms with E-state index >= 15 is 0 Å². The smallest absolute Gasteiger partial charge is 0.224 e. The van der Waals surface area contributed by atoms with E-state index < -0.39 is 0 Å². The van der Waals surface area contributed by atoms with Crippen molar-refractivity contribution in [1.29, 1.82) is 0 Å². The van der Waals surface area contributed by atoms with Crippen molar-refractivity contribution in [1.82, 2.24) is 19.9 Å². The summed E-state index contributed by atoms with van der Waals surface area (Å²) in [5.74, 6) is 0.385. The summed E-state index contributed by atoms with van der Waals surface area (Å²) in [6.45, 7) is 0. The van der Waals surface area contributed by atoms with Gasteiger partial charge in [0, 0.05) is 7.05 Å². The second-order valence-electron chi connectivity index (χ2n) is 2.53. The molecule has 4 N–H and O–H groups in total. The summed E-state index contributed by atoms with van der Waals surface area (Å²) in [4.78, 5) is 14.4. The van der Waals surface area contributed by atoms with Crippen LogP contribution in [0.15, 0.2) is 6.33 Å². The SMILES string of the molecule is CN(O)c1nc(N)nc2nc[nH]c12. The highest BCUT2D eigenvalue weighted by atomic mass is 16.5. The fourth-order valence-electron chi connectivity index (χ4n) is 1.07. The van der Waals surface area contributed by atoms with Gasteiger partial charge >= 0.3 is 0 Å². The van der Waals surface area contributed by atoms with Gasteiger partial charge < -0.3 is 10.7 Å². The normalized spacial score (nSPS) is 10.6. The molecule has 0 aliphatic carbocycles. The van der Waals surface area contributed by atoms with E-state index in [1.807, 2.05) is 0 Å². The molecule has 2 aromatic heterocycles. The van der Waals surface area contributed by atoms with Crippen LogP contribution in [0.1, 0.15) is 0 Å². The van der Waals surface area contributed by atoms with Crippen LogP contribution >= 0.6 is 0 Å². The molecule has 0 atom stereocenters. The first-order valence-corrected chi connectivity index (χ1v) is 3.57. The molecule has 0 aliphatic rings. The van der Waals surface area contributed by atoms with Crippen molar-refractivity contribution >= 4 is 22.9 Å². The first kappa shape index (κ1) is 7.74. The number of rotatable bonds is 1. The lowest BCUT2D eigenvalue weighted by molar-refractivity contribution is 0.277. The number of anilines is 2. The van der Waals surface area contributed by atoms with E-state index in [0.29, 0.717) is 17.0 Å². The molecule has 2 heterocycles. The van der Waals surface area contributed by atoms with Gasteiger partial charge in [-0.15, -0.1) is 0 Å². The van der Waals surface area contributed by atoms with E-state index in [4.69, 9.17) is 5.73 Å².